The van der Waals surface area contributed by atoms with Crippen LogP contribution in [0.25, 0.3) is 0 Å². The van der Waals surface area contributed by atoms with Gasteiger partial charge in [0, 0.05) is 31.7 Å². The maximum atomic E-state index is 10.1. The normalized spacial score (nSPS) is 17.7. The van der Waals surface area contributed by atoms with Crippen LogP contribution in [0.1, 0.15) is 44.0 Å². The quantitative estimate of drug-likeness (QED) is 0.792. The van der Waals surface area contributed by atoms with Gasteiger partial charge < -0.3 is 14.4 Å². The Bertz CT molecular complexity index is 665. The monoisotopic (exact) mass is 345 g/mol. The standard InChI is InChI=1S/C19H27N3O3/c1-14(2)10-18-20-19(25-21-18)13-22(12-16-7-5-9-24-16)11-15-6-3-4-8-17(15)23/h3-4,6,8,14,16,23H,5,7,9-13H2,1-2H3/t16-/m1/s1. The molecule has 25 heavy (non-hydrogen) atoms. The molecule has 1 aliphatic rings. The van der Waals surface area contributed by atoms with E-state index in [1.54, 1.807) is 6.07 Å². The third-order valence-electron chi connectivity index (χ3n) is 4.33. The van der Waals surface area contributed by atoms with Gasteiger partial charge in [0.2, 0.25) is 5.89 Å². The number of benzene rings is 1. The Morgan fingerprint density at radius 3 is 2.84 bits per heavy atom. The number of nitrogens with zero attached hydrogens (tertiary/aromatic N) is 3. The maximum Gasteiger partial charge on any atom is 0.240 e. The van der Waals surface area contributed by atoms with E-state index in [-0.39, 0.29) is 6.10 Å². The van der Waals surface area contributed by atoms with E-state index < -0.39 is 0 Å². The summed E-state index contributed by atoms with van der Waals surface area (Å²) in [6.07, 6.45) is 3.21. The van der Waals surface area contributed by atoms with Crippen LogP contribution in [0.4, 0.5) is 0 Å². The van der Waals surface area contributed by atoms with E-state index in [2.05, 4.69) is 28.9 Å². The van der Waals surface area contributed by atoms with Gasteiger partial charge in [-0.2, -0.15) is 4.98 Å². The van der Waals surface area contributed by atoms with Crippen LogP contribution in [0.3, 0.4) is 0 Å². The molecule has 6 heteroatoms. The first kappa shape index (κ1) is 17.9. The molecular weight excluding hydrogens is 318 g/mol. The second-order valence-electron chi connectivity index (χ2n) is 7.14. The van der Waals surface area contributed by atoms with Crippen molar-refractivity contribution < 1.29 is 14.4 Å². The zero-order valence-electron chi connectivity index (χ0n) is 15.0. The van der Waals surface area contributed by atoms with Crippen molar-refractivity contribution in [3.05, 3.63) is 41.5 Å². The maximum absolute atomic E-state index is 10.1. The zero-order chi connectivity index (χ0) is 17.6. The second-order valence-corrected chi connectivity index (χ2v) is 7.14. The van der Waals surface area contributed by atoms with Crippen LogP contribution in [-0.4, -0.2) is 39.4 Å². The minimum atomic E-state index is 0.226. The predicted molar refractivity (Wildman–Crippen MR) is 94.0 cm³/mol. The van der Waals surface area contributed by atoms with E-state index >= 15 is 0 Å². The molecule has 1 fully saturated rings. The van der Waals surface area contributed by atoms with Gasteiger partial charge in [0.15, 0.2) is 5.82 Å². The Kier molecular flexibility index (Phi) is 6.04. The van der Waals surface area contributed by atoms with Gasteiger partial charge in [0.1, 0.15) is 5.75 Å². The SMILES string of the molecule is CC(C)Cc1noc(CN(Cc2ccccc2O)C[C@H]2CCCO2)n1. The summed E-state index contributed by atoms with van der Waals surface area (Å²) < 4.78 is 11.2. The summed E-state index contributed by atoms with van der Waals surface area (Å²) in [4.78, 5) is 6.71. The summed E-state index contributed by atoms with van der Waals surface area (Å²) in [5.41, 5.74) is 0.891. The predicted octanol–water partition coefficient (Wildman–Crippen LogP) is 3.15. The van der Waals surface area contributed by atoms with Gasteiger partial charge in [-0.15, -0.1) is 0 Å². The van der Waals surface area contributed by atoms with Crippen molar-refractivity contribution in [2.24, 2.45) is 5.92 Å². The number of aromatic hydroxyl groups is 1. The highest BCUT2D eigenvalue weighted by atomic mass is 16.5. The highest BCUT2D eigenvalue weighted by Crippen LogP contribution is 2.21. The minimum absolute atomic E-state index is 0.226. The third-order valence-corrected chi connectivity index (χ3v) is 4.33. The number of hydrogen-bond acceptors (Lipinski definition) is 6. The molecule has 0 bridgehead atoms. The van der Waals surface area contributed by atoms with Gasteiger partial charge in [0.25, 0.3) is 0 Å². The lowest BCUT2D eigenvalue weighted by Crippen LogP contribution is -2.31. The Labute approximate surface area is 148 Å². The molecule has 2 heterocycles. The third kappa shape index (κ3) is 5.28. The summed E-state index contributed by atoms with van der Waals surface area (Å²) in [6.45, 7) is 7.06. The fourth-order valence-electron chi connectivity index (χ4n) is 3.14. The second kappa shape index (κ2) is 8.45. The number of hydrogen-bond donors (Lipinski definition) is 1. The van der Waals surface area contributed by atoms with Gasteiger partial charge >= 0.3 is 0 Å². The van der Waals surface area contributed by atoms with Gasteiger partial charge in [-0.05, 0) is 24.8 Å². The van der Waals surface area contributed by atoms with Crippen LogP contribution in [-0.2, 0) is 24.2 Å². The molecule has 0 amide bonds. The molecule has 0 aliphatic carbocycles. The van der Waals surface area contributed by atoms with Crippen LogP contribution in [0.2, 0.25) is 0 Å². The number of phenols is 1. The van der Waals surface area contributed by atoms with Crippen LogP contribution in [0.5, 0.6) is 5.75 Å². The summed E-state index contributed by atoms with van der Waals surface area (Å²) in [5.74, 6) is 2.18. The van der Waals surface area contributed by atoms with Crippen molar-refractivity contribution in [1.82, 2.24) is 15.0 Å². The number of ether oxygens (including phenoxy) is 1. The lowest BCUT2D eigenvalue weighted by atomic mass is 10.1. The van der Waals surface area contributed by atoms with Crippen LogP contribution in [0, 0.1) is 5.92 Å². The largest absolute Gasteiger partial charge is 0.508 e. The number of aromatic nitrogens is 2. The molecule has 136 valence electrons. The molecular formula is C19H27N3O3. The lowest BCUT2D eigenvalue weighted by molar-refractivity contribution is 0.0637. The van der Waals surface area contributed by atoms with E-state index in [4.69, 9.17) is 9.26 Å². The first-order valence-corrected chi connectivity index (χ1v) is 9.02. The van der Waals surface area contributed by atoms with E-state index in [0.717, 1.165) is 43.8 Å². The molecule has 6 nitrogen and oxygen atoms in total. The molecule has 1 aliphatic heterocycles. The fraction of sp³-hybridized carbons (Fsp3) is 0.579. The number of phenolic OH excluding ortho intramolecular Hbond substituents is 1. The number of rotatable bonds is 8. The van der Waals surface area contributed by atoms with Crippen molar-refractivity contribution in [2.45, 2.75) is 52.3 Å². The van der Waals surface area contributed by atoms with Gasteiger partial charge in [-0.1, -0.05) is 37.2 Å². The average molecular weight is 345 g/mol. The fourth-order valence-corrected chi connectivity index (χ4v) is 3.14. The van der Waals surface area contributed by atoms with Crippen molar-refractivity contribution in [3.63, 3.8) is 0 Å². The topological polar surface area (TPSA) is 71.6 Å². The molecule has 2 aromatic rings. The van der Waals surface area contributed by atoms with Crippen molar-refractivity contribution in [3.8, 4) is 5.75 Å². The Hall–Kier alpha value is -1.92. The molecule has 1 atom stereocenters. The first-order chi connectivity index (χ1) is 12.1. The Morgan fingerprint density at radius 2 is 2.12 bits per heavy atom. The van der Waals surface area contributed by atoms with Crippen LogP contribution >= 0.6 is 0 Å². The molecule has 1 N–H and O–H groups in total. The molecule has 3 rings (SSSR count). The van der Waals surface area contributed by atoms with Crippen LogP contribution < -0.4 is 0 Å². The molecule has 0 radical (unpaired) electrons. The van der Waals surface area contributed by atoms with E-state index in [9.17, 15) is 5.11 Å². The summed E-state index contributed by atoms with van der Waals surface area (Å²) in [5, 5.41) is 14.2. The number of para-hydroxylation sites is 1. The Balaban J connectivity index is 1.69. The van der Waals surface area contributed by atoms with E-state index in [1.807, 2.05) is 18.2 Å². The van der Waals surface area contributed by atoms with E-state index in [0.29, 0.717) is 30.6 Å². The summed E-state index contributed by atoms with van der Waals surface area (Å²) in [6, 6.07) is 7.43. The molecule has 0 unspecified atom stereocenters. The van der Waals surface area contributed by atoms with Crippen molar-refractivity contribution in [2.75, 3.05) is 13.2 Å². The van der Waals surface area contributed by atoms with Crippen LogP contribution in [0.15, 0.2) is 28.8 Å². The summed E-state index contributed by atoms with van der Waals surface area (Å²) in [7, 11) is 0. The van der Waals surface area contributed by atoms with Crippen molar-refractivity contribution >= 4 is 0 Å². The lowest BCUT2D eigenvalue weighted by Gasteiger charge is -2.24. The minimum Gasteiger partial charge on any atom is -0.508 e. The van der Waals surface area contributed by atoms with Gasteiger partial charge in [-0.3, -0.25) is 4.90 Å². The smallest absolute Gasteiger partial charge is 0.240 e. The summed E-state index contributed by atoms with van der Waals surface area (Å²) >= 11 is 0. The van der Waals surface area contributed by atoms with Gasteiger partial charge in [0.05, 0.1) is 12.6 Å². The molecule has 1 aromatic carbocycles. The highest BCUT2D eigenvalue weighted by molar-refractivity contribution is 5.31. The van der Waals surface area contributed by atoms with Crippen molar-refractivity contribution in [1.29, 1.82) is 0 Å². The Morgan fingerprint density at radius 1 is 1.28 bits per heavy atom. The molecule has 1 saturated heterocycles. The molecule has 0 spiro atoms. The average Bonchev–Trinajstić information content (AvgIpc) is 3.21. The zero-order valence-corrected chi connectivity index (χ0v) is 15.0. The molecule has 0 saturated carbocycles. The van der Waals surface area contributed by atoms with E-state index in [1.165, 1.54) is 0 Å². The first-order valence-electron chi connectivity index (χ1n) is 9.02. The highest BCUT2D eigenvalue weighted by Gasteiger charge is 2.22. The molecule has 1 aromatic heterocycles. The van der Waals surface area contributed by atoms with Gasteiger partial charge in [-0.25, -0.2) is 0 Å².